The fourth-order valence-electron chi connectivity index (χ4n) is 2.92. The third-order valence-electron chi connectivity index (χ3n) is 4.23. The molecule has 3 nitrogen and oxygen atoms in total. The number of benzene rings is 3. The first-order valence-electron chi connectivity index (χ1n) is 8.34. The molecule has 3 aromatic carbocycles. The third kappa shape index (κ3) is 3.27. The smallest absolute Gasteiger partial charge is 0.256 e. The standard InChI is InChI=1S/C22H14F2N2O/c23-17-9-3-1-8-15(17)21-13-16(14-7-2-5-11-19(14)25-21)22(27)26-20-12-6-4-10-18(20)24/h1-13H,(H,26,27). The summed E-state index contributed by atoms with van der Waals surface area (Å²) in [5.41, 5.74) is 1.56. The highest BCUT2D eigenvalue weighted by Crippen LogP contribution is 2.27. The Bertz CT molecular complexity index is 1160. The van der Waals surface area contributed by atoms with Crippen LogP contribution in [0.4, 0.5) is 14.5 Å². The molecule has 4 rings (SSSR count). The maximum absolute atomic E-state index is 14.2. The molecular weight excluding hydrogens is 346 g/mol. The van der Waals surface area contributed by atoms with E-state index in [9.17, 15) is 13.6 Å². The summed E-state index contributed by atoms with van der Waals surface area (Å²) < 4.78 is 28.1. The average Bonchev–Trinajstić information content (AvgIpc) is 2.69. The maximum atomic E-state index is 14.2. The molecule has 0 spiro atoms. The molecule has 5 heteroatoms. The molecule has 0 aliphatic heterocycles. The number of rotatable bonds is 3. The van der Waals surface area contributed by atoms with Gasteiger partial charge in [-0.15, -0.1) is 0 Å². The SMILES string of the molecule is O=C(Nc1ccccc1F)c1cc(-c2ccccc2F)nc2ccccc12. The van der Waals surface area contributed by atoms with Crippen molar-refractivity contribution in [3.63, 3.8) is 0 Å². The van der Waals surface area contributed by atoms with Gasteiger partial charge in [0.05, 0.1) is 22.5 Å². The molecule has 0 aliphatic carbocycles. The van der Waals surface area contributed by atoms with Gasteiger partial charge in [0.2, 0.25) is 0 Å². The van der Waals surface area contributed by atoms with Crippen molar-refractivity contribution in [3.8, 4) is 11.3 Å². The predicted octanol–water partition coefficient (Wildman–Crippen LogP) is 5.43. The van der Waals surface area contributed by atoms with E-state index in [4.69, 9.17) is 0 Å². The number of aromatic nitrogens is 1. The van der Waals surface area contributed by atoms with Crippen LogP contribution >= 0.6 is 0 Å². The van der Waals surface area contributed by atoms with Crippen molar-refractivity contribution in [3.05, 3.63) is 96.1 Å². The highest BCUT2D eigenvalue weighted by molar-refractivity contribution is 6.13. The number of nitrogens with one attached hydrogen (secondary N) is 1. The van der Waals surface area contributed by atoms with Gasteiger partial charge in [0, 0.05) is 10.9 Å². The molecule has 0 saturated heterocycles. The highest BCUT2D eigenvalue weighted by Gasteiger charge is 2.16. The fraction of sp³-hybridized carbons (Fsp3) is 0. The van der Waals surface area contributed by atoms with Crippen LogP contribution in [0.1, 0.15) is 10.4 Å². The van der Waals surface area contributed by atoms with E-state index in [0.29, 0.717) is 27.7 Å². The Labute approximate surface area is 154 Å². The summed E-state index contributed by atoms with van der Waals surface area (Å²) >= 11 is 0. The minimum absolute atomic E-state index is 0.0795. The number of pyridine rings is 1. The Kier molecular flexibility index (Phi) is 4.34. The number of carbonyl (C=O) groups is 1. The van der Waals surface area contributed by atoms with E-state index in [1.807, 2.05) is 0 Å². The summed E-state index contributed by atoms with van der Waals surface area (Å²) in [5, 5.41) is 3.18. The molecule has 27 heavy (non-hydrogen) atoms. The molecule has 0 aliphatic rings. The number of amides is 1. The third-order valence-corrected chi connectivity index (χ3v) is 4.23. The Balaban J connectivity index is 1.85. The summed E-state index contributed by atoms with van der Waals surface area (Å²) in [6, 6.07) is 20.8. The van der Waals surface area contributed by atoms with E-state index >= 15 is 0 Å². The van der Waals surface area contributed by atoms with Crippen LogP contribution in [0.3, 0.4) is 0 Å². The number of halogens is 2. The summed E-state index contributed by atoms with van der Waals surface area (Å²) in [6.07, 6.45) is 0. The number of para-hydroxylation sites is 2. The van der Waals surface area contributed by atoms with E-state index < -0.39 is 17.5 Å². The number of hydrogen-bond acceptors (Lipinski definition) is 2. The van der Waals surface area contributed by atoms with Crippen molar-refractivity contribution in [2.45, 2.75) is 0 Å². The molecule has 0 radical (unpaired) electrons. The molecule has 0 fully saturated rings. The summed E-state index contributed by atoms with van der Waals surface area (Å²) in [7, 11) is 0. The lowest BCUT2D eigenvalue weighted by molar-refractivity contribution is 0.102. The Morgan fingerprint density at radius 1 is 0.815 bits per heavy atom. The Morgan fingerprint density at radius 3 is 2.26 bits per heavy atom. The number of hydrogen-bond donors (Lipinski definition) is 1. The average molecular weight is 360 g/mol. The van der Waals surface area contributed by atoms with Gasteiger partial charge < -0.3 is 5.32 Å². The highest BCUT2D eigenvalue weighted by atomic mass is 19.1. The van der Waals surface area contributed by atoms with Gasteiger partial charge in [0.1, 0.15) is 11.6 Å². The van der Waals surface area contributed by atoms with Crippen molar-refractivity contribution >= 4 is 22.5 Å². The zero-order valence-electron chi connectivity index (χ0n) is 14.1. The first-order chi connectivity index (χ1) is 13.1. The van der Waals surface area contributed by atoms with Gasteiger partial charge in [0.15, 0.2) is 0 Å². The topological polar surface area (TPSA) is 42.0 Å². The lowest BCUT2D eigenvalue weighted by Crippen LogP contribution is -2.14. The maximum Gasteiger partial charge on any atom is 0.256 e. The molecular formula is C22H14F2N2O. The van der Waals surface area contributed by atoms with Gasteiger partial charge in [-0.3, -0.25) is 4.79 Å². The first-order valence-corrected chi connectivity index (χ1v) is 8.34. The van der Waals surface area contributed by atoms with Crippen molar-refractivity contribution in [1.82, 2.24) is 4.98 Å². The molecule has 4 aromatic rings. The Morgan fingerprint density at radius 2 is 1.48 bits per heavy atom. The first kappa shape index (κ1) is 16.8. The minimum atomic E-state index is -0.529. The molecule has 1 amide bonds. The normalized spacial score (nSPS) is 10.7. The van der Waals surface area contributed by atoms with E-state index in [1.165, 1.54) is 24.3 Å². The quantitative estimate of drug-likeness (QED) is 0.529. The molecule has 1 heterocycles. The van der Waals surface area contributed by atoms with Crippen molar-refractivity contribution in [1.29, 1.82) is 0 Å². The summed E-state index contributed by atoms with van der Waals surface area (Å²) in [4.78, 5) is 17.3. The second-order valence-corrected chi connectivity index (χ2v) is 5.99. The van der Waals surface area contributed by atoms with Crippen LogP contribution in [0, 0.1) is 11.6 Å². The fourth-order valence-corrected chi connectivity index (χ4v) is 2.92. The molecule has 1 aromatic heterocycles. The summed E-state index contributed by atoms with van der Waals surface area (Å²) in [6.45, 7) is 0. The van der Waals surface area contributed by atoms with Gasteiger partial charge >= 0.3 is 0 Å². The van der Waals surface area contributed by atoms with E-state index in [1.54, 1.807) is 54.6 Å². The van der Waals surface area contributed by atoms with Gasteiger partial charge in [-0.25, -0.2) is 13.8 Å². The van der Waals surface area contributed by atoms with Crippen molar-refractivity contribution in [2.75, 3.05) is 5.32 Å². The summed E-state index contributed by atoms with van der Waals surface area (Å²) in [5.74, 6) is -1.45. The monoisotopic (exact) mass is 360 g/mol. The van der Waals surface area contributed by atoms with Gasteiger partial charge in [-0.05, 0) is 36.4 Å². The lowest BCUT2D eigenvalue weighted by Gasteiger charge is -2.11. The van der Waals surface area contributed by atoms with Crippen LogP contribution in [0.2, 0.25) is 0 Å². The van der Waals surface area contributed by atoms with Crippen LogP contribution in [-0.4, -0.2) is 10.9 Å². The molecule has 1 N–H and O–H groups in total. The molecule has 0 atom stereocenters. The molecule has 0 bridgehead atoms. The van der Waals surface area contributed by atoms with E-state index in [-0.39, 0.29) is 5.69 Å². The zero-order chi connectivity index (χ0) is 18.8. The number of carbonyl (C=O) groups excluding carboxylic acids is 1. The van der Waals surface area contributed by atoms with Crippen LogP contribution < -0.4 is 5.32 Å². The molecule has 132 valence electrons. The number of anilines is 1. The largest absolute Gasteiger partial charge is 0.319 e. The van der Waals surface area contributed by atoms with Gasteiger partial charge in [-0.2, -0.15) is 0 Å². The molecule has 0 unspecified atom stereocenters. The Hall–Kier alpha value is -3.60. The van der Waals surface area contributed by atoms with Crippen LogP contribution in [0.25, 0.3) is 22.2 Å². The van der Waals surface area contributed by atoms with Crippen LogP contribution in [0.5, 0.6) is 0 Å². The lowest BCUT2D eigenvalue weighted by atomic mass is 10.0. The number of nitrogens with zero attached hydrogens (tertiary/aromatic N) is 1. The van der Waals surface area contributed by atoms with E-state index in [0.717, 1.165) is 0 Å². The minimum Gasteiger partial charge on any atom is -0.319 e. The van der Waals surface area contributed by atoms with Crippen molar-refractivity contribution in [2.24, 2.45) is 0 Å². The predicted molar refractivity (Wildman–Crippen MR) is 101 cm³/mol. The number of fused-ring (bicyclic) bond motifs is 1. The van der Waals surface area contributed by atoms with Gasteiger partial charge in [0.25, 0.3) is 5.91 Å². The van der Waals surface area contributed by atoms with E-state index in [2.05, 4.69) is 10.3 Å². The van der Waals surface area contributed by atoms with Crippen molar-refractivity contribution < 1.29 is 13.6 Å². The second-order valence-electron chi connectivity index (χ2n) is 5.99. The van der Waals surface area contributed by atoms with Crippen LogP contribution in [0.15, 0.2) is 78.9 Å². The van der Waals surface area contributed by atoms with Crippen LogP contribution in [-0.2, 0) is 0 Å². The second kappa shape index (κ2) is 6.96. The molecule has 0 saturated carbocycles. The van der Waals surface area contributed by atoms with Gasteiger partial charge in [-0.1, -0.05) is 42.5 Å². The zero-order valence-corrected chi connectivity index (χ0v) is 14.1.